The van der Waals surface area contributed by atoms with Gasteiger partial charge in [-0.15, -0.1) is 0 Å². The number of aromatic carboxylic acids is 1. The van der Waals surface area contributed by atoms with Gasteiger partial charge in [0.1, 0.15) is 5.75 Å². The third-order valence-electron chi connectivity index (χ3n) is 7.22. The number of ether oxygens (including phenoxy) is 1. The second-order valence-electron chi connectivity index (χ2n) is 10.4. The van der Waals surface area contributed by atoms with Crippen molar-refractivity contribution in [2.75, 3.05) is 12.4 Å². The van der Waals surface area contributed by atoms with Gasteiger partial charge in [-0.2, -0.15) is 0 Å². The topological polar surface area (TPSA) is 80.7 Å². The van der Waals surface area contributed by atoms with Crippen LogP contribution in [0.1, 0.15) is 99.7 Å². The molecule has 0 atom stereocenters. The molecule has 6 heteroatoms. The number of carboxylic acid groups (broad SMARTS) is 1. The molecule has 0 aromatic heterocycles. The highest BCUT2D eigenvalue weighted by molar-refractivity contribution is 7.91. The molecule has 5 nitrogen and oxygen atoms in total. The van der Waals surface area contributed by atoms with Gasteiger partial charge in [-0.05, 0) is 73.4 Å². The first-order valence-corrected chi connectivity index (χ1v) is 14.7. The van der Waals surface area contributed by atoms with Crippen LogP contribution in [0.25, 0.3) is 17.2 Å². The van der Waals surface area contributed by atoms with E-state index in [1.165, 1.54) is 6.42 Å². The second kappa shape index (κ2) is 11.6. The van der Waals surface area contributed by atoms with E-state index in [1.54, 1.807) is 12.1 Å². The van der Waals surface area contributed by atoms with Gasteiger partial charge in [0.2, 0.25) is 0 Å². The standard InChI is InChI=1S/C30H40O5S/c1-6-8-9-10-11-17-35-26-20-27-25(30(4,5)16-12-18-36(27,33)34)19-24(26)28-21(3)22(13-7-2)14-15-23(28)29(31)32/h7,13-15,19-20H,6,8-12,16-18H2,1-5H3,(H,31,32). The summed E-state index contributed by atoms with van der Waals surface area (Å²) < 4.78 is 32.8. The van der Waals surface area contributed by atoms with Crippen LogP contribution in [-0.4, -0.2) is 31.9 Å². The van der Waals surface area contributed by atoms with Crippen molar-refractivity contribution in [2.45, 2.75) is 89.9 Å². The smallest absolute Gasteiger partial charge is 0.336 e. The Morgan fingerprint density at radius 2 is 1.86 bits per heavy atom. The average Bonchev–Trinajstić information content (AvgIpc) is 2.90. The Kier molecular flexibility index (Phi) is 9.04. The molecule has 0 fully saturated rings. The van der Waals surface area contributed by atoms with E-state index in [-0.39, 0.29) is 16.7 Å². The number of allylic oxidation sites excluding steroid dienone is 1. The number of hydrogen-bond acceptors (Lipinski definition) is 4. The van der Waals surface area contributed by atoms with Crippen LogP contribution >= 0.6 is 0 Å². The predicted molar refractivity (Wildman–Crippen MR) is 147 cm³/mol. The fraction of sp³-hybridized carbons (Fsp3) is 0.500. The number of carbonyl (C=O) groups is 1. The molecular formula is C30H40O5S. The maximum absolute atomic E-state index is 13.3. The van der Waals surface area contributed by atoms with Crippen LogP contribution < -0.4 is 4.74 Å². The molecule has 0 amide bonds. The zero-order valence-corrected chi connectivity index (χ0v) is 23.1. The molecule has 36 heavy (non-hydrogen) atoms. The molecule has 0 saturated carbocycles. The Morgan fingerprint density at radius 3 is 2.53 bits per heavy atom. The van der Waals surface area contributed by atoms with E-state index in [9.17, 15) is 18.3 Å². The molecule has 0 unspecified atom stereocenters. The van der Waals surface area contributed by atoms with E-state index in [0.717, 1.165) is 48.8 Å². The van der Waals surface area contributed by atoms with E-state index in [4.69, 9.17) is 4.74 Å². The first-order valence-electron chi connectivity index (χ1n) is 13.1. The molecule has 0 radical (unpaired) electrons. The summed E-state index contributed by atoms with van der Waals surface area (Å²) in [5.74, 6) is -0.476. The lowest BCUT2D eigenvalue weighted by atomic mass is 9.79. The third-order valence-corrected chi connectivity index (χ3v) is 9.05. The lowest BCUT2D eigenvalue weighted by Crippen LogP contribution is -2.18. The number of carboxylic acids is 1. The maximum atomic E-state index is 13.3. The van der Waals surface area contributed by atoms with Gasteiger partial charge >= 0.3 is 5.97 Å². The SMILES string of the molecule is CC=Cc1ccc(C(=O)O)c(-c2cc3c(cc2OCCCCCCC)S(=O)(=O)CCCC3(C)C)c1C. The number of hydrogen-bond donors (Lipinski definition) is 1. The van der Waals surface area contributed by atoms with Gasteiger partial charge < -0.3 is 9.84 Å². The Bertz CT molecular complexity index is 1240. The average molecular weight is 513 g/mol. The first kappa shape index (κ1) is 28.0. The van der Waals surface area contributed by atoms with Crippen LogP contribution in [0.2, 0.25) is 0 Å². The molecule has 0 saturated heterocycles. The van der Waals surface area contributed by atoms with Crippen molar-refractivity contribution < 1.29 is 23.1 Å². The fourth-order valence-corrected chi connectivity index (χ4v) is 6.81. The largest absolute Gasteiger partial charge is 0.493 e. The maximum Gasteiger partial charge on any atom is 0.336 e. The quantitative estimate of drug-likeness (QED) is 0.332. The van der Waals surface area contributed by atoms with Crippen LogP contribution in [0.3, 0.4) is 0 Å². The summed E-state index contributed by atoms with van der Waals surface area (Å²) in [6.45, 7) is 10.6. The minimum Gasteiger partial charge on any atom is -0.493 e. The molecular weight excluding hydrogens is 472 g/mol. The summed E-state index contributed by atoms with van der Waals surface area (Å²) in [5, 5.41) is 10.1. The molecule has 1 heterocycles. The van der Waals surface area contributed by atoms with Gasteiger partial charge in [0.05, 0.1) is 22.8 Å². The van der Waals surface area contributed by atoms with Gasteiger partial charge in [0.25, 0.3) is 0 Å². The molecule has 1 aliphatic rings. The van der Waals surface area contributed by atoms with Crippen molar-refractivity contribution in [3.8, 4) is 16.9 Å². The van der Waals surface area contributed by atoms with Gasteiger partial charge in [-0.1, -0.05) is 64.7 Å². The molecule has 196 valence electrons. The summed E-state index contributed by atoms with van der Waals surface area (Å²) in [4.78, 5) is 12.6. The fourth-order valence-electron chi connectivity index (χ4n) is 5.11. The Balaban J connectivity index is 2.26. The van der Waals surface area contributed by atoms with Crippen molar-refractivity contribution in [3.05, 3.63) is 52.6 Å². The van der Waals surface area contributed by atoms with E-state index in [1.807, 2.05) is 38.1 Å². The molecule has 2 aromatic carbocycles. The van der Waals surface area contributed by atoms with Crippen molar-refractivity contribution in [3.63, 3.8) is 0 Å². The number of fused-ring (bicyclic) bond motifs is 1. The molecule has 2 aromatic rings. The monoisotopic (exact) mass is 512 g/mol. The molecule has 1 N–H and O–H groups in total. The predicted octanol–water partition coefficient (Wildman–Crippen LogP) is 7.59. The van der Waals surface area contributed by atoms with Crippen molar-refractivity contribution in [2.24, 2.45) is 0 Å². The van der Waals surface area contributed by atoms with Gasteiger partial charge in [0, 0.05) is 11.1 Å². The highest BCUT2D eigenvalue weighted by Crippen LogP contribution is 2.45. The first-order chi connectivity index (χ1) is 17.0. The minimum atomic E-state index is -3.47. The second-order valence-corrected chi connectivity index (χ2v) is 12.5. The van der Waals surface area contributed by atoms with E-state index < -0.39 is 15.8 Å². The Labute approximate surface area is 216 Å². The van der Waals surface area contributed by atoms with E-state index in [0.29, 0.717) is 34.8 Å². The summed E-state index contributed by atoms with van der Waals surface area (Å²) in [7, 11) is -3.47. The number of rotatable bonds is 10. The van der Waals surface area contributed by atoms with Crippen molar-refractivity contribution >= 4 is 21.9 Å². The summed E-state index contributed by atoms with van der Waals surface area (Å²) in [5.41, 5.74) is 3.53. The molecule has 3 rings (SSSR count). The number of unbranched alkanes of at least 4 members (excludes halogenated alkanes) is 4. The summed E-state index contributed by atoms with van der Waals surface area (Å²) in [6, 6.07) is 6.99. The van der Waals surface area contributed by atoms with Gasteiger partial charge in [-0.3, -0.25) is 0 Å². The number of sulfone groups is 1. The zero-order chi connectivity index (χ0) is 26.5. The van der Waals surface area contributed by atoms with E-state index in [2.05, 4.69) is 20.8 Å². The van der Waals surface area contributed by atoms with E-state index >= 15 is 0 Å². The summed E-state index contributed by atoms with van der Waals surface area (Å²) >= 11 is 0. The number of benzene rings is 2. The molecule has 0 bridgehead atoms. The van der Waals surface area contributed by atoms with Crippen LogP contribution in [0.5, 0.6) is 5.75 Å². The molecule has 0 aliphatic carbocycles. The summed E-state index contributed by atoms with van der Waals surface area (Å²) in [6.07, 6.45) is 10.6. The molecule has 1 aliphatic heterocycles. The van der Waals surface area contributed by atoms with Crippen LogP contribution in [0.15, 0.2) is 35.2 Å². The van der Waals surface area contributed by atoms with Gasteiger partial charge in [-0.25, -0.2) is 13.2 Å². The normalized spacial score (nSPS) is 16.5. The van der Waals surface area contributed by atoms with Crippen LogP contribution in [-0.2, 0) is 15.3 Å². The van der Waals surface area contributed by atoms with Gasteiger partial charge in [0.15, 0.2) is 9.84 Å². The van der Waals surface area contributed by atoms with Crippen LogP contribution in [0, 0.1) is 6.92 Å². The van der Waals surface area contributed by atoms with Crippen molar-refractivity contribution in [1.82, 2.24) is 0 Å². The highest BCUT2D eigenvalue weighted by atomic mass is 32.2. The van der Waals surface area contributed by atoms with Crippen LogP contribution in [0.4, 0.5) is 0 Å². The van der Waals surface area contributed by atoms with Crippen molar-refractivity contribution in [1.29, 1.82) is 0 Å². The third kappa shape index (κ3) is 6.03. The zero-order valence-electron chi connectivity index (χ0n) is 22.3. The Hall–Kier alpha value is -2.60. The lowest BCUT2D eigenvalue weighted by Gasteiger charge is -2.27. The highest BCUT2D eigenvalue weighted by Gasteiger charge is 2.35. The lowest BCUT2D eigenvalue weighted by molar-refractivity contribution is 0.0697. The molecule has 0 spiro atoms. The Morgan fingerprint density at radius 1 is 1.14 bits per heavy atom. The minimum absolute atomic E-state index is 0.107.